The van der Waals surface area contributed by atoms with Crippen molar-refractivity contribution in [3.63, 3.8) is 0 Å². The van der Waals surface area contributed by atoms with Gasteiger partial charge in [-0.15, -0.1) is 0 Å². The van der Waals surface area contributed by atoms with Gasteiger partial charge in [-0.2, -0.15) is 0 Å². The molecule has 1 saturated heterocycles. The van der Waals surface area contributed by atoms with Crippen molar-refractivity contribution in [2.45, 2.75) is 44.6 Å². The maximum atomic E-state index is 13.6. The molecule has 0 atom stereocenters. The van der Waals surface area contributed by atoms with Gasteiger partial charge < -0.3 is 9.64 Å². The number of carbonyl (C=O) groups is 1. The maximum Gasteiger partial charge on any atom is 0.410 e. The average Bonchev–Trinajstić information content (AvgIpc) is 2.76. The number of rotatable bonds is 0. The minimum Gasteiger partial charge on any atom is -0.444 e. The Morgan fingerprint density at radius 2 is 1.95 bits per heavy atom. The molecule has 1 aromatic rings. The van der Waals surface area contributed by atoms with Crippen LogP contribution in [0.15, 0.2) is 24.3 Å². The number of nitrogens with zero attached hydrogens (tertiary/aromatic N) is 1. The molecule has 4 heteroatoms. The van der Waals surface area contributed by atoms with Crippen molar-refractivity contribution in [3.8, 4) is 0 Å². The maximum absolute atomic E-state index is 13.6. The molecule has 3 nitrogen and oxygen atoms in total. The molecular weight excluding hydrogens is 281 g/mol. The SMILES string of the molecule is CC(C)(C)OC(=O)N1CCC2(C=Cc3ccc(F)cc32)CC1. The first-order chi connectivity index (χ1) is 10.3. The molecule has 1 aromatic carbocycles. The van der Waals surface area contributed by atoms with Gasteiger partial charge in [-0.3, -0.25) is 0 Å². The Balaban J connectivity index is 1.72. The van der Waals surface area contributed by atoms with E-state index in [2.05, 4.69) is 12.2 Å². The Bertz CT molecular complexity index is 622. The van der Waals surface area contributed by atoms with Crippen LogP contribution in [-0.4, -0.2) is 29.7 Å². The van der Waals surface area contributed by atoms with Crippen LogP contribution in [-0.2, 0) is 10.2 Å². The third kappa shape index (κ3) is 2.74. The Hall–Kier alpha value is -1.84. The number of piperidine rings is 1. The molecule has 0 aromatic heterocycles. The van der Waals surface area contributed by atoms with Gasteiger partial charge in [0.1, 0.15) is 11.4 Å². The van der Waals surface area contributed by atoms with Crippen molar-refractivity contribution in [3.05, 3.63) is 41.2 Å². The predicted molar refractivity (Wildman–Crippen MR) is 84.2 cm³/mol. The van der Waals surface area contributed by atoms with E-state index in [-0.39, 0.29) is 17.3 Å². The average molecular weight is 303 g/mol. The highest BCUT2D eigenvalue weighted by molar-refractivity contribution is 5.69. The van der Waals surface area contributed by atoms with Gasteiger partial charge in [0.05, 0.1) is 0 Å². The van der Waals surface area contributed by atoms with Crippen LogP contribution < -0.4 is 0 Å². The highest BCUT2D eigenvalue weighted by Crippen LogP contribution is 2.44. The van der Waals surface area contributed by atoms with Crippen molar-refractivity contribution in [1.82, 2.24) is 4.90 Å². The van der Waals surface area contributed by atoms with Crippen molar-refractivity contribution in [2.75, 3.05) is 13.1 Å². The molecule has 3 rings (SSSR count). The zero-order valence-corrected chi connectivity index (χ0v) is 13.4. The fraction of sp³-hybridized carbons (Fsp3) is 0.500. The number of benzene rings is 1. The Morgan fingerprint density at radius 3 is 2.59 bits per heavy atom. The fourth-order valence-electron chi connectivity index (χ4n) is 3.29. The normalized spacial score (nSPS) is 19.4. The van der Waals surface area contributed by atoms with E-state index in [0.717, 1.165) is 24.0 Å². The Labute approximate surface area is 130 Å². The molecule has 22 heavy (non-hydrogen) atoms. The van der Waals surface area contributed by atoms with E-state index >= 15 is 0 Å². The number of allylic oxidation sites excluding steroid dienone is 1. The number of fused-ring (bicyclic) bond motifs is 2. The Kier molecular flexibility index (Phi) is 3.50. The largest absolute Gasteiger partial charge is 0.444 e. The summed E-state index contributed by atoms with van der Waals surface area (Å²) in [6, 6.07) is 4.96. The molecule has 0 radical (unpaired) electrons. The first-order valence-corrected chi connectivity index (χ1v) is 7.76. The minimum absolute atomic E-state index is 0.129. The number of carbonyl (C=O) groups excluding carboxylic acids is 1. The van der Waals surface area contributed by atoms with Gasteiger partial charge in [-0.1, -0.05) is 18.2 Å². The summed E-state index contributed by atoms with van der Waals surface area (Å²) in [4.78, 5) is 13.9. The van der Waals surface area contributed by atoms with Crippen LogP contribution >= 0.6 is 0 Å². The second-order valence-electron chi connectivity index (χ2n) is 7.19. The van der Waals surface area contributed by atoms with Crippen molar-refractivity contribution in [2.24, 2.45) is 0 Å². The van der Waals surface area contributed by atoms with Gasteiger partial charge in [0.25, 0.3) is 0 Å². The summed E-state index contributed by atoms with van der Waals surface area (Å²) < 4.78 is 19.0. The number of hydrogen-bond acceptors (Lipinski definition) is 2. The lowest BCUT2D eigenvalue weighted by Crippen LogP contribution is -2.45. The van der Waals surface area contributed by atoms with Crippen LogP contribution in [0.3, 0.4) is 0 Å². The molecule has 0 N–H and O–H groups in total. The van der Waals surface area contributed by atoms with Crippen LogP contribution in [0.4, 0.5) is 9.18 Å². The smallest absolute Gasteiger partial charge is 0.410 e. The molecule has 0 saturated carbocycles. The number of amides is 1. The van der Waals surface area contributed by atoms with Crippen LogP contribution in [0.1, 0.15) is 44.7 Å². The highest BCUT2D eigenvalue weighted by Gasteiger charge is 2.40. The molecule has 0 unspecified atom stereocenters. The molecule has 1 amide bonds. The van der Waals surface area contributed by atoms with E-state index in [0.29, 0.717) is 13.1 Å². The number of ether oxygens (including phenoxy) is 1. The zero-order chi connectivity index (χ0) is 16.0. The molecule has 1 aliphatic carbocycles. The van der Waals surface area contributed by atoms with E-state index in [1.165, 1.54) is 6.07 Å². The van der Waals surface area contributed by atoms with Gasteiger partial charge in [-0.05, 0) is 56.9 Å². The molecule has 2 aliphatic rings. The molecule has 118 valence electrons. The van der Waals surface area contributed by atoms with E-state index in [4.69, 9.17) is 4.74 Å². The summed E-state index contributed by atoms with van der Waals surface area (Å²) in [5.41, 5.74) is 1.54. The first-order valence-electron chi connectivity index (χ1n) is 7.76. The van der Waals surface area contributed by atoms with Crippen LogP contribution in [0.5, 0.6) is 0 Å². The topological polar surface area (TPSA) is 29.5 Å². The van der Waals surface area contributed by atoms with Gasteiger partial charge in [-0.25, -0.2) is 9.18 Å². The number of halogens is 1. The second-order valence-corrected chi connectivity index (χ2v) is 7.19. The summed E-state index contributed by atoms with van der Waals surface area (Å²) in [5, 5.41) is 0. The highest BCUT2D eigenvalue weighted by atomic mass is 19.1. The third-order valence-electron chi connectivity index (χ3n) is 4.44. The van der Waals surface area contributed by atoms with Gasteiger partial charge >= 0.3 is 6.09 Å². The van der Waals surface area contributed by atoms with E-state index in [9.17, 15) is 9.18 Å². The summed E-state index contributed by atoms with van der Waals surface area (Å²) in [5.74, 6) is -0.198. The van der Waals surface area contributed by atoms with Crippen LogP contribution in [0.2, 0.25) is 0 Å². The second kappa shape index (κ2) is 5.11. The number of hydrogen-bond donors (Lipinski definition) is 0. The van der Waals surface area contributed by atoms with Gasteiger partial charge in [0.15, 0.2) is 0 Å². The quantitative estimate of drug-likeness (QED) is 0.721. The molecule has 1 aliphatic heterocycles. The monoisotopic (exact) mass is 303 g/mol. The Morgan fingerprint density at radius 1 is 1.27 bits per heavy atom. The molecule has 0 bridgehead atoms. The van der Waals surface area contributed by atoms with Gasteiger partial charge in [0, 0.05) is 18.5 Å². The van der Waals surface area contributed by atoms with E-state index < -0.39 is 5.60 Å². The standard InChI is InChI=1S/C18H22FNO2/c1-17(2,3)22-16(21)20-10-8-18(9-11-20)7-6-13-4-5-14(19)12-15(13)18/h4-7,12H,8-11H2,1-3H3. The molecule has 1 fully saturated rings. The molecule has 1 heterocycles. The fourth-order valence-corrected chi connectivity index (χ4v) is 3.29. The number of likely N-dealkylation sites (tertiary alicyclic amines) is 1. The lowest BCUT2D eigenvalue weighted by atomic mass is 9.74. The summed E-state index contributed by atoms with van der Waals surface area (Å²) >= 11 is 0. The lowest BCUT2D eigenvalue weighted by molar-refractivity contribution is 0.0184. The summed E-state index contributed by atoms with van der Waals surface area (Å²) in [6.45, 7) is 6.88. The van der Waals surface area contributed by atoms with Gasteiger partial charge in [0.2, 0.25) is 0 Å². The first kappa shape index (κ1) is 15.1. The molecule has 1 spiro atoms. The minimum atomic E-state index is -0.477. The van der Waals surface area contributed by atoms with Crippen LogP contribution in [0.25, 0.3) is 6.08 Å². The summed E-state index contributed by atoms with van der Waals surface area (Å²) in [6.07, 6.45) is 5.59. The van der Waals surface area contributed by atoms with E-state index in [1.54, 1.807) is 11.0 Å². The van der Waals surface area contributed by atoms with Crippen molar-refractivity contribution in [1.29, 1.82) is 0 Å². The predicted octanol–water partition coefficient (Wildman–Crippen LogP) is 4.12. The zero-order valence-electron chi connectivity index (χ0n) is 13.4. The van der Waals surface area contributed by atoms with E-state index in [1.807, 2.05) is 26.8 Å². The van der Waals surface area contributed by atoms with Crippen molar-refractivity contribution < 1.29 is 13.9 Å². The molecular formula is C18H22FNO2. The summed E-state index contributed by atoms with van der Waals surface area (Å²) in [7, 11) is 0. The van der Waals surface area contributed by atoms with Crippen molar-refractivity contribution >= 4 is 12.2 Å². The lowest BCUT2D eigenvalue weighted by Gasteiger charge is -2.39. The van der Waals surface area contributed by atoms with Crippen LogP contribution in [0, 0.1) is 5.82 Å². The third-order valence-corrected chi connectivity index (χ3v) is 4.44.